The topological polar surface area (TPSA) is 0 Å². The van der Waals surface area contributed by atoms with Crippen molar-refractivity contribution in [2.24, 2.45) is 0 Å². The number of hydrogen-bond acceptors (Lipinski definition) is 0. The average Bonchev–Trinajstić information content (AvgIpc) is 3.59. The van der Waals surface area contributed by atoms with E-state index in [9.17, 15) is 0 Å². The molecule has 0 spiro atoms. The monoisotopic (exact) mass is 564 g/mol. The molecule has 0 nitrogen and oxygen atoms in total. The van der Waals surface area contributed by atoms with Crippen LogP contribution >= 0.6 is 0 Å². The third-order valence-corrected chi connectivity index (χ3v) is 8.17. The van der Waals surface area contributed by atoms with Crippen molar-refractivity contribution < 1.29 is 24.2 Å². The molecular formula is C37H30Zr. The Bertz CT molecular complexity index is 1690. The van der Waals surface area contributed by atoms with Gasteiger partial charge in [-0.05, 0) is 13.8 Å². The zero-order valence-electron chi connectivity index (χ0n) is 21.9. The first-order valence-corrected chi connectivity index (χ1v) is 14.2. The van der Waals surface area contributed by atoms with Crippen molar-refractivity contribution in [1.29, 1.82) is 0 Å². The molecule has 0 aromatic heterocycles. The van der Waals surface area contributed by atoms with Crippen molar-refractivity contribution in [2.75, 3.05) is 0 Å². The first-order valence-electron chi connectivity index (χ1n) is 13.0. The Balaban J connectivity index is 0.000000117. The van der Waals surface area contributed by atoms with E-state index in [4.69, 9.17) is 0 Å². The summed E-state index contributed by atoms with van der Waals surface area (Å²) in [7, 11) is 0. The van der Waals surface area contributed by atoms with Gasteiger partial charge in [-0.2, -0.15) is 12.1 Å². The van der Waals surface area contributed by atoms with Gasteiger partial charge in [-0.1, -0.05) is 53.6 Å². The number of aryl methyl sites for hydroxylation is 2. The van der Waals surface area contributed by atoms with Crippen LogP contribution in [-0.4, -0.2) is 3.21 Å². The molecule has 0 amide bonds. The van der Waals surface area contributed by atoms with Gasteiger partial charge >= 0.3 is 99.2 Å². The standard InChI is InChI=1S/C13H9.C13H10.C11H11.Zr/c1-3-7-12-10(5-1)9-11-6-2-4-8-13(11)12;1-3-7-12(8-4-1)11-13-9-5-2-6-10-13;1-8-6-9(2)11-5-3-4-10(11)7-8;/h1-9H;1-10H;3-7H,1-2H3;/q-1;;-1;+2. The number of rotatable bonds is 2. The van der Waals surface area contributed by atoms with Gasteiger partial charge in [0.2, 0.25) is 0 Å². The second-order valence-electron chi connectivity index (χ2n) is 9.54. The minimum atomic E-state index is 1.33. The summed E-state index contributed by atoms with van der Waals surface area (Å²) in [5, 5.41) is 8.14. The van der Waals surface area contributed by atoms with Crippen LogP contribution in [-0.2, 0) is 24.2 Å². The third kappa shape index (κ3) is 6.07. The van der Waals surface area contributed by atoms with Gasteiger partial charge in [-0.3, -0.25) is 0 Å². The van der Waals surface area contributed by atoms with E-state index in [1.807, 2.05) is 0 Å². The van der Waals surface area contributed by atoms with Crippen LogP contribution in [0.4, 0.5) is 0 Å². The first kappa shape index (κ1) is 26.0. The molecule has 182 valence electrons. The van der Waals surface area contributed by atoms with E-state index in [0.29, 0.717) is 0 Å². The molecule has 0 aliphatic heterocycles. The molecule has 0 atom stereocenters. The number of benzene rings is 5. The first-order chi connectivity index (χ1) is 18.6. The molecule has 7 aromatic carbocycles. The second-order valence-corrected chi connectivity index (χ2v) is 10.8. The van der Waals surface area contributed by atoms with Gasteiger partial charge in [0, 0.05) is 0 Å². The van der Waals surface area contributed by atoms with Crippen molar-refractivity contribution in [3.63, 3.8) is 0 Å². The summed E-state index contributed by atoms with van der Waals surface area (Å²) in [6, 6.07) is 51.3. The molecule has 7 aromatic rings. The molecule has 0 aliphatic rings. The Morgan fingerprint density at radius 2 is 1.03 bits per heavy atom. The zero-order chi connectivity index (χ0) is 26.3. The van der Waals surface area contributed by atoms with Crippen LogP contribution in [0.15, 0.2) is 146 Å². The van der Waals surface area contributed by atoms with Crippen molar-refractivity contribution in [2.45, 2.75) is 13.8 Å². The predicted molar refractivity (Wildman–Crippen MR) is 162 cm³/mol. The van der Waals surface area contributed by atoms with Crippen molar-refractivity contribution in [3.8, 4) is 0 Å². The smallest absolute Gasteiger partial charge is 0.0771 e. The summed E-state index contributed by atoms with van der Waals surface area (Å²) in [5.74, 6) is 0. The van der Waals surface area contributed by atoms with Crippen molar-refractivity contribution >= 4 is 35.5 Å². The molecule has 0 saturated heterocycles. The Labute approximate surface area is 240 Å². The Morgan fingerprint density at radius 3 is 1.58 bits per heavy atom. The maximum atomic E-state index is 2.24. The van der Waals surface area contributed by atoms with Gasteiger partial charge in [0.25, 0.3) is 0 Å². The molecule has 0 bridgehead atoms. The maximum Gasteiger partial charge on any atom is -0.0771 e. The third-order valence-electron chi connectivity index (χ3n) is 6.75. The zero-order valence-corrected chi connectivity index (χ0v) is 24.3. The minimum Gasteiger partial charge on any atom is -0.126 e. The van der Waals surface area contributed by atoms with Crippen LogP contribution in [0.2, 0.25) is 0 Å². The van der Waals surface area contributed by atoms with E-state index in [0.717, 1.165) is 0 Å². The Kier molecular flexibility index (Phi) is 8.37. The Hall–Kier alpha value is -3.67. The van der Waals surface area contributed by atoms with Crippen LogP contribution in [0.5, 0.6) is 0 Å². The van der Waals surface area contributed by atoms with E-state index in [1.165, 1.54) is 82.0 Å². The largest absolute Gasteiger partial charge is 0.126 e. The minimum absolute atomic E-state index is 1.33. The van der Waals surface area contributed by atoms with Crippen molar-refractivity contribution in [3.05, 3.63) is 168 Å². The molecule has 0 saturated carbocycles. The van der Waals surface area contributed by atoms with Crippen LogP contribution in [0.25, 0.3) is 32.3 Å². The second kappa shape index (κ2) is 12.3. The van der Waals surface area contributed by atoms with Crippen LogP contribution in [0, 0.1) is 13.8 Å². The molecular weight excluding hydrogens is 536 g/mol. The van der Waals surface area contributed by atoms with Gasteiger partial charge in [0.05, 0.1) is 0 Å². The predicted octanol–water partition coefficient (Wildman–Crippen LogP) is 9.69. The van der Waals surface area contributed by atoms with E-state index in [1.54, 1.807) is 0 Å². The Morgan fingerprint density at radius 1 is 0.526 bits per heavy atom. The molecule has 0 radical (unpaired) electrons. The fourth-order valence-corrected chi connectivity index (χ4v) is 5.72. The number of fused-ring (bicyclic) bond motifs is 4. The van der Waals surface area contributed by atoms with Crippen LogP contribution in [0.3, 0.4) is 0 Å². The van der Waals surface area contributed by atoms with Crippen LogP contribution < -0.4 is 0 Å². The van der Waals surface area contributed by atoms with E-state index < -0.39 is 0 Å². The summed E-state index contributed by atoms with van der Waals surface area (Å²) in [6.07, 6.45) is 0. The van der Waals surface area contributed by atoms with Crippen molar-refractivity contribution in [1.82, 2.24) is 0 Å². The summed E-state index contributed by atoms with van der Waals surface area (Å²) < 4.78 is 1.42. The summed E-state index contributed by atoms with van der Waals surface area (Å²) in [5.41, 5.74) is 5.39. The molecule has 0 heterocycles. The molecule has 0 unspecified atom stereocenters. The maximum absolute atomic E-state index is 2.24. The molecule has 0 aliphatic carbocycles. The van der Waals surface area contributed by atoms with Gasteiger partial charge in [-0.25, -0.2) is 0 Å². The molecule has 0 N–H and O–H groups in total. The SMILES string of the molecule is Cc1cc(C)c2cc[cH-]c2c1.[Zr+2]=[C](c1ccccc1)c1ccccc1.c1ccc2c(c1)[cH-]c1ccccc12. The molecule has 0 fully saturated rings. The van der Waals surface area contributed by atoms with Gasteiger partial charge < -0.3 is 0 Å². The van der Waals surface area contributed by atoms with Gasteiger partial charge in [0.15, 0.2) is 0 Å². The summed E-state index contributed by atoms with van der Waals surface area (Å²) in [6.45, 7) is 4.30. The van der Waals surface area contributed by atoms with Crippen LogP contribution in [0.1, 0.15) is 22.3 Å². The van der Waals surface area contributed by atoms with E-state index in [2.05, 4.69) is 159 Å². The normalized spacial score (nSPS) is 10.5. The summed E-state index contributed by atoms with van der Waals surface area (Å²) in [4.78, 5) is 0. The van der Waals surface area contributed by atoms with E-state index >= 15 is 0 Å². The fraction of sp³-hybridized carbons (Fsp3) is 0.0541. The molecule has 38 heavy (non-hydrogen) atoms. The van der Waals surface area contributed by atoms with Gasteiger partial charge in [-0.15, -0.1) is 62.6 Å². The quantitative estimate of drug-likeness (QED) is 0.183. The fourth-order valence-electron chi connectivity index (χ4n) is 4.91. The summed E-state index contributed by atoms with van der Waals surface area (Å²) >= 11 is 1.46. The number of hydrogen-bond donors (Lipinski definition) is 0. The molecule has 7 rings (SSSR count). The molecule has 1 heteroatoms. The van der Waals surface area contributed by atoms with E-state index in [-0.39, 0.29) is 0 Å². The average molecular weight is 566 g/mol. The van der Waals surface area contributed by atoms with Gasteiger partial charge in [0.1, 0.15) is 0 Å².